The molecule has 1 fully saturated rings. The predicted octanol–water partition coefficient (Wildman–Crippen LogP) is 7.27. The summed E-state index contributed by atoms with van der Waals surface area (Å²) in [5.74, 6) is 1.18. The van der Waals surface area contributed by atoms with Crippen molar-refractivity contribution in [3.8, 4) is 11.3 Å². The number of aryl methyl sites for hydroxylation is 2. The maximum absolute atomic E-state index is 12.9. The molecule has 5 rings (SSSR count). The molecular weight excluding hydrogens is 539 g/mol. The van der Waals surface area contributed by atoms with Crippen LogP contribution in [0.3, 0.4) is 0 Å². The SMILES string of the molecule is Cc1ccc(C)c(NC(=O)CCN2C(=S)N[C@H](c3ccccn3)[C@@H]2c2ccc(-c3cccc(Cl)c3Cl)o2)c1. The van der Waals surface area contributed by atoms with Gasteiger partial charge in [-0.15, -0.1) is 0 Å². The molecule has 0 bridgehead atoms. The van der Waals surface area contributed by atoms with Crippen molar-refractivity contribution in [2.45, 2.75) is 32.4 Å². The minimum Gasteiger partial charge on any atom is -0.459 e. The average Bonchev–Trinajstić information content (AvgIpc) is 3.51. The monoisotopic (exact) mass is 564 g/mol. The van der Waals surface area contributed by atoms with E-state index in [1.165, 1.54) is 0 Å². The molecule has 0 radical (unpaired) electrons. The van der Waals surface area contributed by atoms with Crippen LogP contribution in [0.5, 0.6) is 0 Å². The van der Waals surface area contributed by atoms with E-state index in [0.717, 1.165) is 22.5 Å². The highest BCUT2D eigenvalue weighted by atomic mass is 35.5. The first-order chi connectivity index (χ1) is 18.3. The Bertz CT molecular complexity index is 1490. The number of halogens is 2. The fourth-order valence-electron chi connectivity index (χ4n) is 4.61. The van der Waals surface area contributed by atoms with Gasteiger partial charge in [0.25, 0.3) is 0 Å². The molecule has 194 valence electrons. The van der Waals surface area contributed by atoms with E-state index >= 15 is 0 Å². The van der Waals surface area contributed by atoms with Gasteiger partial charge in [-0.05, 0) is 79.7 Å². The standard InChI is InChI=1S/C29H26Cl2N4O2S/c1-17-9-10-18(2)22(16-17)33-25(36)13-15-35-28(27(34-29(35)38)21-8-3-4-14-32-21)24-12-11-23(37-24)19-6-5-7-20(30)26(19)31/h3-12,14,16,27-28H,13,15H2,1-2H3,(H,33,36)(H,34,38)/t27-,28+/m1/s1. The Morgan fingerprint density at radius 2 is 1.95 bits per heavy atom. The number of nitrogens with zero attached hydrogens (tertiary/aromatic N) is 2. The van der Waals surface area contributed by atoms with E-state index in [1.54, 1.807) is 12.3 Å². The van der Waals surface area contributed by atoms with Gasteiger partial charge in [0, 0.05) is 30.4 Å². The third kappa shape index (κ3) is 5.41. The highest BCUT2D eigenvalue weighted by molar-refractivity contribution is 7.80. The lowest BCUT2D eigenvalue weighted by atomic mass is 10.0. The first kappa shape index (κ1) is 26.2. The van der Waals surface area contributed by atoms with Crippen molar-refractivity contribution < 1.29 is 9.21 Å². The average molecular weight is 566 g/mol. The van der Waals surface area contributed by atoms with Crippen molar-refractivity contribution >= 4 is 52.1 Å². The lowest BCUT2D eigenvalue weighted by Gasteiger charge is -2.26. The molecule has 3 heterocycles. The molecule has 0 unspecified atom stereocenters. The van der Waals surface area contributed by atoms with Gasteiger partial charge in [-0.25, -0.2) is 0 Å². The minimum absolute atomic E-state index is 0.0904. The van der Waals surface area contributed by atoms with Gasteiger partial charge < -0.3 is 20.0 Å². The topological polar surface area (TPSA) is 70.4 Å². The van der Waals surface area contributed by atoms with Crippen LogP contribution in [0.2, 0.25) is 10.0 Å². The van der Waals surface area contributed by atoms with E-state index in [0.29, 0.717) is 38.8 Å². The van der Waals surface area contributed by atoms with Gasteiger partial charge >= 0.3 is 0 Å². The molecule has 0 saturated carbocycles. The molecule has 2 atom stereocenters. The van der Waals surface area contributed by atoms with E-state index in [9.17, 15) is 4.79 Å². The fourth-order valence-corrected chi connectivity index (χ4v) is 5.34. The van der Waals surface area contributed by atoms with Crippen molar-refractivity contribution in [2.75, 3.05) is 11.9 Å². The van der Waals surface area contributed by atoms with Crippen LogP contribution in [-0.4, -0.2) is 27.4 Å². The zero-order valence-corrected chi connectivity index (χ0v) is 23.2. The van der Waals surface area contributed by atoms with Crippen LogP contribution in [0.1, 0.15) is 41.1 Å². The fraction of sp³-hybridized carbons (Fsp3) is 0.207. The Morgan fingerprint density at radius 1 is 1.11 bits per heavy atom. The van der Waals surface area contributed by atoms with Gasteiger partial charge in [0.05, 0.1) is 21.8 Å². The molecule has 1 amide bonds. The van der Waals surface area contributed by atoms with Gasteiger partial charge in [-0.2, -0.15) is 0 Å². The normalized spacial score (nSPS) is 16.9. The molecule has 0 spiro atoms. The number of pyridine rings is 1. The minimum atomic E-state index is -0.322. The van der Waals surface area contributed by atoms with E-state index in [2.05, 4.69) is 15.6 Å². The summed E-state index contributed by atoms with van der Waals surface area (Å²) in [5.41, 5.74) is 4.43. The molecule has 1 saturated heterocycles. The van der Waals surface area contributed by atoms with Crippen molar-refractivity contribution in [2.24, 2.45) is 0 Å². The maximum Gasteiger partial charge on any atom is 0.226 e. The van der Waals surface area contributed by atoms with Crippen molar-refractivity contribution in [1.29, 1.82) is 0 Å². The summed E-state index contributed by atoms with van der Waals surface area (Å²) in [7, 11) is 0. The van der Waals surface area contributed by atoms with Crippen molar-refractivity contribution in [3.63, 3.8) is 0 Å². The number of carbonyl (C=O) groups excluding carboxylic acids is 1. The molecule has 0 aliphatic carbocycles. The number of hydrogen-bond acceptors (Lipinski definition) is 4. The quantitative estimate of drug-likeness (QED) is 0.230. The molecule has 1 aliphatic rings. The Hall–Kier alpha value is -3.39. The number of rotatable bonds is 7. The molecular formula is C29H26Cl2N4O2S. The summed E-state index contributed by atoms with van der Waals surface area (Å²) in [6.45, 7) is 4.37. The second kappa shape index (κ2) is 11.2. The maximum atomic E-state index is 12.9. The largest absolute Gasteiger partial charge is 0.459 e. The molecule has 2 aromatic heterocycles. The second-order valence-electron chi connectivity index (χ2n) is 9.24. The first-order valence-electron chi connectivity index (χ1n) is 12.2. The van der Waals surface area contributed by atoms with Crippen LogP contribution in [-0.2, 0) is 4.79 Å². The number of carbonyl (C=O) groups is 1. The molecule has 4 aromatic rings. The second-order valence-corrected chi connectivity index (χ2v) is 10.4. The summed E-state index contributed by atoms with van der Waals surface area (Å²) in [6.07, 6.45) is 1.99. The number of thiocarbonyl (C=S) groups is 1. The van der Waals surface area contributed by atoms with Gasteiger partial charge in [-0.1, -0.05) is 47.5 Å². The molecule has 6 nitrogen and oxygen atoms in total. The molecule has 9 heteroatoms. The summed E-state index contributed by atoms with van der Waals surface area (Å²) < 4.78 is 6.34. The van der Waals surface area contributed by atoms with Crippen LogP contribution in [0, 0.1) is 13.8 Å². The lowest BCUT2D eigenvalue weighted by molar-refractivity contribution is -0.116. The zero-order chi connectivity index (χ0) is 26.8. The van der Waals surface area contributed by atoms with Crippen molar-refractivity contribution in [1.82, 2.24) is 15.2 Å². The third-order valence-corrected chi connectivity index (χ3v) is 7.75. The smallest absolute Gasteiger partial charge is 0.226 e. The number of amides is 1. The summed E-state index contributed by atoms with van der Waals surface area (Å²) >= 11 is 18.4. The predicted molar refractivity (Wildman–Crippen MR) is 155 cm³/mol. The first-order valence-corrected chi connectivity index (χ1v) is 13.4. The van der Waals surface area contributed by atoms with Crippen LogP contribution >= 0.6 is 35.4 Å². The van der Waals surface area contributed by atoms with Gasteiger partial charge in [0.2, 0.25) is 5.91 Å². The van der Waals surface area contributed by atoms with Crippen LogP contribution < -0.4 is 10.6 Å². The Balaban J connectivity index is 1.42. The molecule has 2 N–H and O–H groups in total. The number of anilines is 1. The van der Waals surface area contributed by atoms with Gasteiger partial charge in [0.1, 0.15) is 17.6 Å². The number of nitrogens with one attached hydrogen (secondary N) is 2. The highest BCUT2D eigenvalue weighted by Gasteiger charge is 2.41. The van der Waals surface area contributed by atoms with Crippen molar-refractivity contribution in [3.05, 3.63) is 106 Å². The molecule has 2 aromatic carbocycles. The van der Waals surface area contributed by atoms with E-state index in [1.807, 2.05) is 79.4 Å². The Kier molecular flexibility index (Phi) is 7.70. The molecule has 1 aliphatic heterocycles. The number of furan rings is 1. The van der Waals surface area contributed by atoms with Gasteiger partial charge in [-0.3, -0.25) is 9.78 Å². The van der Waals surface area contributed by atoms with Crippen LogP contribution in [0.4, 0.5) is 5.69 Å². The zero-order valence-electron chi connectivity index (χ0n) is 20.9. The molecule has 38 heavy (non-hydrogen) atoms. The Morgan fingerprint density at radius 3 is 2.74 bits per heavy atom. The van der Waals surface area contributed by atoms with Crippen LogP contribution in [0.25, 0.3) is 11.3 Å². The van der Waals surface area contributed by atoms with E-state index in [-0.39, 0.29) is 24.4 Å². The summed E-state index contributed by atoms with van der Waals surface area (Å²) in [5, 5.41) is 7.83. The van der Waals surface area contributed by atoms with E-state index < -0.39 is 0 Å². The number of benzene rings is 2. The number of aromatic nitrogens is 1. The highest BCUT2D eigenvalue weighted by Crippen LogP contribution is 2.42. The van der Waals surface area contributed by atoms with Gasteiger partial charge in [0.15, 0.2) is 5.11 Å². The summed E-state index contributed by atoms with van der Waals surface area (Å²) in [6, 6.07) is 20.4. The third-order valence-electron chi connectivity index (χ3n) is 6.58. The lowest BCUT2D eigenvalue weighted by Crippen LogP contribution is -2.32. The van der Waals surface area contributed by atoms with Crippen LogP contribution in [0.15, 0.2) is 77.3 Å². The van der Waals surface area contributed by atoms with E-state index in [4.69, 9.17) is 39.8 Å². The Labute approximate surface area is 237 Å². The number of hydrogen-bond donors (Lipinski definition) is 2. The summed E-state index contributed by atoms with van der Waals surface area (Å²) in [4.78, 5) is 19.5.